The van der Waals surface area contributed by atoms with Gasteiger partial charge >= 0.3 is 0 Å². The molecule has 0 saturated heterocycles. The molecule has 1 aromatic heterocycles. The van der Waals surface area contributed by atoms with Crippen molar-refractivity contribution in [1.82, 2.24) is 14.8 Å². The molecule has 0 N–H and O–H groups in total. The Bertz CT molecular complexity index is 1120. The Morgan fingerprint density at radius 3 is 2.48 bits per heavy atom. The van der Waals surface area contributed by atoms with Crippen molar-refractivity contribution in [3.63, 3.8) is 0 Å². The normalized spacial score (nSPS) is 15.7. The monoisotopic (exact) mass is 391 g/mol. The minimum absolute atomic E-state index is 0.101. The van der Waals surface area contributed by atoms with Crippen molar-refractivity contribution in [2.24, 2.45) is 0 Å². The van der Waals surface area contributed by atoms with Crippen LogP contribution >= 0.6 is 0 Å². The molecule has 146 valence electrons. The first kappa shape index (κ1) is 17.9. The van der Waals surface area contributed by atoms with Gasteiger partial charge in [-0.1, -0.05) is 12.1 Å². The van der Waals surface area contributed by atoms with Gasteiger partial charge in [0.15, 0.2) is 0 Å². The fraction of sp³-hybridized carbons (Fsp3) is 0.217. The lowest BCUT2D eigenvalue weighted by Crippen LogP contribution is -2.24. The second-order valence-electron chi connectivity index (χ2n) is 7.73. The van der Waals surface area contributed by atoms with Gasteiger partial charge in [-0.25, -0.2) is 8.78 Å². The van der Waals surface area contributed by atoms with Gasteiger partial charge in [0.05, 0.1) is 24.3 Å². The zero-order valence-electron chi connectivity index (χ0n) is 16.0. The van der Waals surface area contributed by atoms with Gasteiger partial charge in [-0.2, -0.15) is 0 Å². The highest BCUT2D eigenvalue weighted by Crippen LogP contribution is 2.31. The zero-order chi connectivity index (χ0) is 20.1. The maximum Gasteiger partial charge on any atom is 0.256 e. The van der Waals surface area contributed by atoms with Gasteiger partial charge < -0.3 is 4.90 Å². The van der Waals surface area contributed by atoms with Crippen LogP contribution in [0.3, 0.4) is 0 Å². The summed E-state index contributed by atoms with van der Waals surface area (Å²) in [6.45, 7) is 1.85. The summed E-state index contributed by atoms with van der Waals surface area (Å²) in [4.78, 5) is 20.3. The van der Waals surface area contributed by atoms with E-state index in [4.69, 9.17) is 0 Å². The minimum atomic E-state index is -0.644. The molecule has 0 unspecified atom stereocenters. The van der Waals surface area contributed by atoms with Gasteiger partial charge in [0, 0.05) is 24.8 Å². The number of rotatable bonds is 3. The Hall–Kier alpha value is -3.12. The first-order valence-electron chi connectivity index (χ1n) is 9.51. The summed E-state index contributed by atoms with van der Waals surface area (Å²) < 4.78 is 29.7. The number of carbonyl (C=O) groups is 1. The maximum atomic E-state index is 14.8. The number of fused-ring (bicyclic) bond motifs is 2. The van der Waals surface area contributed by atoms with Gasteiger partial charge in [-0.15, -0.1) is 0 Å². The van der Waals surface area contributed by atoms with Crippen LogP contribution in [0, 0.1) is 11.6 Å². The lowest BCUT2D eigenvalue weighted by Gasteiger charge is -2.17. The fourth-order valence-electron chi connectivity index (χ4n) is 4.17. The zero-order valence-corrected chi connectivity index (χ0v) is 16.0. The number of halogens is 2. The minimum Gasteiger partial charge on any atom is -0.328 e. The summed E-state index contributed by atoms with van der Waals surface area (Å²) >= 11 is 0. The first-order valence-corrected chi connectivity index (χ1v) is 9.51. The van der Waals surface area contributed by atoms with E-state index in [9.17, 15) is 13.6 Å². The van der Waals surface area contributed by atoms with E-state index >= 15 is 0 Å². The van der Waals surface area contributed by atoms with E-state index < -0.39 is 11.6 Å². The van der Waals surface area contributed by atoms with Gasteiger partial charge in [0.25, 0.3) is 5.91 Å². The molecule has 0 atom stereocenters. The molecular weight excluding hydrogens is 372 g/mol. The topological polar surface area (TPSA) is 36.4 Å². The first-order chi connectivity index (χ1) is 14.0. The molecule has 4 nitrogen and oxygen atoms in total. The predicted molar refractivity (Wildman–Crippen MR) is 105 cm³/mol. The lowest BCUT2D eigenvalue weighted by atomic mass is 9.99. The van der Waals surface area contributed by atoms with Crippen LogP contribution in [0.1, 0.15) is 32.7 Å². The molecule has 0 fully saturated rings. The summed E-state index contributed by atoms with van der Waals surface area (Å²) in [6, 6.07) is 12.0. The third-order valence-electron chi connectivity index (χ3n) is 5.66. The fourth-order valence-corrected chi connectivity index (χ4v) is 4.17. The smallest absolute Gasteiger partial charge is 0.256 e. The van der Waals surface area contributed by atoms with Crippen molar-refractivity contribution < 1.29 is 13.6 Å². The highest BCUT2D eigenvalue weighted by atomic mass is 19.1. The second kappa shape index (κ2) is 6.74. The Labute approximate surface area is 167 Å². The van der Waals surface area contributed by atoms with E-state index in [1.165, 1.54) is 28.2 Å². The molecule has 0 bridgehead atoms. The SMILES string of the molecule is CN1Cc2ccc(-c3cc(F)c(CN4Cc5ncccc5C4=O)c(F)c3)cc2C1. The quantitative estimate of drug-likeness (QED) is 0.674. The summed E-state index contributed by atoms with van der Waals surface area (Å²) in [6.07, 6.45) is 1.61. The van der Waals surface area contributed by atoms with Crippen molar-refractivity contribution in [3.05, 3.63) is 88.2 Å². The van der Waals surface area contributed by atoms with Crippen LogP contribution in [0.2, 0.25) is 0 Å². The van der Waals surface area contributed by atoms with Crippen LogP contribution in [0.25, 0.3) is 11.1 Å². The van der Waals surface area contributed by atoms with Crippen LogP contribution in [0.5, 0.6) is 0 Å². The lowest BCUT2D eigenvalue weighted by molar-refractivity contribution is 0.0763. The van der Waals surface area contributed by atoms with E-state index in [1.807, 2.05) is 25.2 Å². The molecule has 3 aromatic rings. The molecule has 3 heterocycles. The number of aromatic nitrogens is 1. The molecule has 2 aliphatic heterocycles. The summed E-state index contributed by atoms with van der Waals surface area (Å²) in [5.41, 5.74) is 4.75. The molecule has 5 rings (SSSR count). The van der Waals surface area contributed by atoms with Crippen molar-refractivity contribution in [3.8, 4) is 11.1 Å². The Balaban J connectivity index is 1.43. The summed E-state index contributed by atoms with van der Waals surface area (Å²) in [5.74, 6) is -1.54. The van der Waals surface area contributed by atoms with Crippen LogP contribution in [0.4, 0.5) is 8.78 Å². The van der Waals surface area contributed by atoms with Crippen molar-refractivity contribution >= 4 is 5.91 Å². The highest BCUT2D eigenvalue weighted by Gasteiger charge is 2.29. The average molecular weight is 391 g/mol. The number of nitrogens with zero attached hydrogens (tertiary/aromatic N) is 3. The molecule has 2 aliphatic rings. The number of pyridine rings is 1. The van der Waals surface area contributed by atoms with E-state index in [2.05, 4.69) is 9.88 Å². The molecule has 2 aromatic carbocycles. The second-order valence-corrected chi connectivity index (χ2v) is 7.73. The molecular formula is C23H19F2N3O. The van der Waals surface area contributed by atoms with E-state index in [0.717, 1.165) is 18.7 Å². The molecule has 0 saturated carbocycles. The van der Waals surface area contributed by atoms with Gasteiger partial charge in [0.1, 0.15) is 11.6 Å². The summed E-state index contributed by atoms with van der Waals surface area (Å²) in [5, 5.41) is 0. The van der Waals surface area contributed by atoms with Gasteiger partial charge in [0.2, 0.25) is 0 Å². The van der Waals surface area contributed by atoms with Crippen LogP contribution in [-0.4, -0.2) is 27.7 Å². The summed E-state index contributed by atoms with van der Waals surface area (Å²) in [7, 11) is 2.04. The Kier molecular flexibility index (Phi) is 4.17. The van der Waals surface area contributed by atoms with Crippen LogP contribution < -0.4 is 0 Å². The van der Waals surface area contributed by atoms with Crippen molar-refractivity contribution in [2.45, 2.75) is 26.2 Å². The van der Waals surface area contributed by atoms with Crippen LogP contribution in [-0.2, 0) is 26.2 Å². The maximum absolute atomic E-state index is 14.8. The molecule has 0 radical (unpaired) electrons. The largest absolute Gasteiger partial charge is 0.328 e. The number of benzene rings is 2. The number of hydrogen-bond acceptors (Lipinski definition) is 3. The van der Waals surface area contributed by atoms with Gasteiger partial charge in [-0.3, -0.25) is 14.7 Å². The average Bonchev–Trinajstić information content (AvgIpc) is 3.23. The van der Waals surface area contributed by atoms with Crippen molar-refractivity contribution in [2.75, 3.05) is 7.05 Å². The third kappa shape index (κ3) is 3.09. The predicted octanol–water partition coefficient (Wildman–Crippen LogP) is 4.13. The van der Waals surface area contributed by atoms with Crippen LogP contribution in [0.15, 0.2) is 48.7 Å². The Morgan fingerprint density at radius 1 is 0.966 bits per heavy atom. The molecule has 6 heteroatoms. The number of carbonyl (C=O) groups excluding carboxylic acids is 1. The van der Waals surface area contributed by atoms with Crippen molar-refractivity contribution in [1.29, 1.82) is 0 Å². The van der Waals surface area contributed by atoms with E-state index in [0.29, 0.717) is 16.8 Å². The van der Waals surface area contributed by atoms with Gasteiger partial charge in [-0.05, 0) is 59.6 Å². The third-order valence-corrected chi connectivity index (χ3v) is 5.66. The molecule has 1 amide bonds. The van der Waals surface area contributed by atoms with E-state index in [-0.39, 0.29) is 24.6 Å². The molecule has 0 spiro atoms. The highest BCUT2D eigenvalue weighted by molar-refractivity contribution is 5.97. The molecule has 0 aliphatic carbocycles. The van der Waals surface area contributed by atoms with E-state index in [1.54, 1.807) is 18.3 Å². The number of hydrogen-bond donors (Lipinski definition) is 0. The Morgan fingerprint density at radius 2 is 1.72 bits per heavy atom. The number of amides is 1. The standard InChI is InChI=1S/C23H19F2N3O/c1-27-10-15-5-4-14(7-17(15)11-27)16-8-20(24)19(21(25)9-16)12-28-13-22-18(23(28)29)3-2-6-26-22/h2-9H,10-13H2,1H3. The molecule has 29 heavy (non-hydrogen) atoms.